The van der Waals surface area contributed by atoms with Crippen molar-refractivity contribution in [2.45, 2.75) is 51.4 Å². The smallest absolute Gasteiger partial charge is 0.138 e. The van der Waals surface area contributed by atoms with Gasteiger partial charge in [-0.2, -0.15) is 0 Å². The molecule has 0 bridgehead atoms. The zero-order chi connectivity index (χ0) is 17.4. The number of rotatable bonds is 3. The molecule has 25 heavy (non-hydrogen) atoms. The van der Waals surface area contributed by atoms with Crippen LogP contribution in [0.5, 0.6) is 5.75 Å². The van der Waals surface area contributed by atoms with Crippen LogP contribution in [0.15, 0.2) is 52.9 Å². The van der Waals surface area contributed by atoms with E-state index in [0.717, 1.165) is 22.3 Å². The van der Waals surface area contributed by atoms with Crippen LogP contribution in [0.3, 0.4) is 0 Å². The van der Waals surface area contributed by atoms with E-state index in [1.165, 1.54) is 37.7 Å². The molecule has 2 aromatic carbocycles. The molecular weight excluding hydrogens is 308 g/mol. The summed E-state index contributed by atoms with van der Waals surface area (Å²) in [6, 6.07) is 16.1. The molecule has 0 spiro atoms. The Morgan fingerprint density at radius 1 is 0.960 bits per heavy atom. The summed E-state index contributed by atoms with van der Waals surface area (Å²) in [4.78, 5) is 0. The van der Waals surface area contributed by atoms with E-state index in [9.17, 15) is 5.11 Å². The van der Waals surface area contributed by atoms with Crippen LogP contribution in [0, 0.1) is 5.92 Å². The molecule has 3 aromatic rings. The maximum Gasteiger partial charge on any atom is 0.138 e. The lowest BCUT2D eigenvalue weighted by molar-refractivity contribution is 0.235. The van der Waals surface area contributed by atoms with Crippen LogP contribution in [-0.4, -0.2) is 5.11 Å². The fourth-order valence-electron chi connectivity index (χ4n) is 4.30. The molecule has 1 saturated carbocycles. The summed E-state index contributed by atoms with van der Waals surface area (Å²) in [5.41, 5.74) is 3.04. The second-order valence-corrected chi connectivity index (χ2v) is 7.94. The van der Waals surface area contributed by atoms with Gasteiger partial charge >= 0.3 is 0 Å². The molecule has 0 saturated heterocycles. The van der Waals surface area contributed by atoms with Gasteiger partial charge in [-0.25, -0.2) is 0 Å². The number of hydrogen-bond acceptors (Lipinski definition) is 2. The highest BCUT2D eigenvalue weighted by Gasteiger charge is 2.33. The molecule has 2 nitrogen and oxygen atoms in total. The normalized spacial score (nSPS) is 16.4. The van der Waals surface area contributed by atoms with Crippen LogP contribution in [0.1, 0.15) is 51.5 Å². The van der Waals surface area contributed by atoms with Crippen LogP contribution < -0.4 is 0 Å². The number of benzene rings is 2. The van der Waals surface area contributed by atoms with E-state index in [0.29, 0.717) is 11.7 Å². The van der Waals surface area contributed by atoms with Crippen LogP contribution >= 0.6 is 0 Å². The number of aromatic hydroxyl groups is 1. The molecule has 1 heterocycles. The van der Waals surface area contributed by atoms with E-state index >= 15 is 0 Å². The monoisotopic (exact) mass is 334 g/mol. The summed E-state index contributed by atoms with van der Waals surface area (Å²) in [6.45, 7) is 4.62. The SMILES string of the molecule is CC(C)(c1cc(O)c2cc(-c3ccccc3)oc2c1)C1CCCCC1. The molecule has 0 aliphatic heterocycles. The minimum atomic E-state index is 0.0474. The van der Waals surface area contributed by atoms with E-state index in [2.05, 4.69) is 19.9 Å². The maximum absolute atomic E-state index is 10.6. The fraction of sp³-hybridized carbons (Fsp3) is 0.391. The van der Waals surface area contributed by atoms with Gasteiger partial charge in [0.2, 0.25) is 0 Å². The van der Waals surface area contributed by atoms with Crippen LogP contribution in [0.2, 0.25) is 0 Å². The van der Waals surface area contributed by atoms with Gasteiger partial charge in [-0.05, 0) is 47.9 Å². The lowest BCUT2D eigenvalue weighted by Gasteiger charge is -2.37. The van der Waals surface area contributed by atoms with E-state index in [1.54, 1.807) is 0 Å². The van der Waals surface area contributed by atoms with Crippen molar-refractivity contribution in [3.05, 3.63) is 54.1 Å². The molecule has 1 N–H and O–H groups in total. The van der Waals surface area contributed by atoms with Crippen molar-refractivity contribution < 1.29 is 9.52 Å². The van der Waals surface area contributed by atoms with Gasteiger partial charge in [-0.15, -0.1) is 0 Å². The molecule has 0 radical (unpaired) electrons. The first kappa shape index (κ1) is 16.3. The molecular formula is C23H26O2. The maximum atomic E-state index is 10.6. The van der Waals surface area contributed by atoms with E-state index < -0.39 is 0 Å². The summed E-state index contributed by atoms with van der Waals surface area (Å²) in [5, 5.41) is 11.4. The fourth-order valence-corrected chi connectivity index (χ4v) is 4.30. The summed E-state index contributed by atoms with van der Waals surface area (Å²) in [7, 11) is 0. The lowest BCUT2D eigenvalue weighted by Crippen LogP contribution is -2.30. The molecule has 130 valence electrons. The molecule has 1 aliphatic rings. The molecule has 1 aromatic heterocycles. The second kappa shape index (κ2) is 6.25. The Labute approximate surface area is 149 Å². The molecule has 0 unspecified atom stereocenters. The number of furan rings is 1. The highest BCUT2D eigenvalue weighted by molar-refractivity contribution is 5.89. The Kier molecular flexibility index (Phi) is 4.07. The summed E-state index contributed by atoms with van der Waals surface area (Å²) < 4.78 is 6.10. The van der Waals surface area contributed by atoms with Gasteiger partial charge < -0.3 is 9.52 Å². The summed E-state index contributed by atoms with van der Waals surface area (Å²) in [6.07, 6.45) is 6.55. The van der Waals surface area contributed by atoms with Crippen molar-refractivity contribution in [1.82, 2.24) is 0 Å². The Hall–Kier alpha value is -2.22. The molecule has 0 amide bonds. The van der Waals surface area contributed by atoms with Crippen molar-refractivity contribution in [3.63, 3.8) is 0 Å². The number of hydrogen-bond donors (Lipinski definition) is 1. The molecule has 2 heteroatoms. The number of phenols is 1. The molecule has 0 atom stereocenters. The topological polar surface area (TPSA) is 33.4 Å². The van der Waals surface area contributed by atoms with Gasteiger partial charge in [0.1, 0.15) is 17.1 Å². The summed E-state index contributed by atoms with van der Waals surface area (Å²) >= 11 is 0. The number of phenolic OH excluding ortho intramolecular Hbond substituents is 1. The first-order chi connectivity index (χ1) is 12.1. The van der Waals surface area contributed by atoms with Gasteiger partial charge in [0.15, 0.2) is 0 Å². The van der Waals surface area contributed by atoms with Crippen molar-refractivity contribution in [2.24, 2.45) is 5.92 Å². The Bertz CT molecular complexity index is 868. The van der Waals surface area contributed by atoms with Crippen molar-refractivity contribution in [2.75, 3.05) is 0 Å². The molecule has 1 fully saturated rings. The molecule has 1 aliphatic carbocycles. The van der Waals surface area contributed by atoms with E-state index in [-0.39, 0.29) is 5.41 Å². The van der Waals surface area contributed by atoms with Gasteiger partial charge in [-0.3, -0.25) is 0 Å². The van der Waals surface area contributed by atoms with Crippen LogP contribution in [0.4, 0.5) is 0 Å². The first-order valence-electron chi connectivity index (χ1n) is 9.38. The van der Waals surface area contributed by atoms with Gasteiger partial charge in [-0.1, -0.05) is 63.4 Å². The quantitative estimate of drug-likeness (QED) is 0.580. The zero-order valence-corrected chi connectivity index (χ0v) is 15.1. The van der Waals surface area contributed by atoms with Crippen molar-refractivity contribution >= 4 is 11.0 Å². The third-order valence-electron chi connectivity index (χ3n) is 6.04. The predicted octanol–water partition coefficient (Wildman–Crippen LogP) is 6.66. The van der Waals surface area contributed by atoms with E-state index in [4.69, 9.17) is 4.42 Å². The Morgan fingerprint density at radius 2 is 1.68 bits per heavy atom. The minimum absolute atomic E-state index is 0.0474. The predicted molar refractivity (Wildman–Crippen MR) is 103 cm³/mol. The second-order valence-electron chi connectivity index (χ2n) is 7.94. The van der Waals surface area contributed by atoms with Crippen molar-refractivity contribution in [3.8, 4) is 17.1 Å². The van der Waals surface area contributed by atoms with E-state index in [1.807, 2.05) is 42.5 Å². The minimum Gasteiger partial charge on any atom is -0.507 e. The summed E-state index contributed by atoms with van der Waals surface area (Å²) in [5.74, 6) is 1.79. The van der Waals surface area contributed by atoms with Gasteiger partial charge in [0, 0.05) is 5.56 Å². The standard InChI is InChI=1S/C23H26O2/c1-23(2,17-11-7-4-8-12-17)18-13-20(24)19-15-21(25-22(19)14-18)16-9-5-3-6-10-16/h3,5-6,9-10,13-15,17,24H,4,7-8,11-12H2,1-2H3. The lowest BCUT2D eigenvalue weighted by atomic mass is 9.67. The van der Waals surface area contributed by atoms with Crippen LogP contribution in [0.25, 0.3) is 22.3 Å². The highest BCUT2D eigenvalue weighted by Crippen LogP contribution is 2.44. The van der Waals surface area contributed by atoms with Gasteiger partial charge in [0.05, 0.1) is 5.39 Å². The first-order valence-corrected chi connectivity index (χ1v) is 9.38. The average molecular weight is 334 g/mol. The third kappa shape index (κ3) is 2.95. The van der Waals surface area contributed by atoms with Crippen molar-refractivity contribution in [1.29, 1.82) is 0 Å². The average Bonchev–Trinajstić information content (AvgIpc) is 3.08. The van der Waals surface area contributed by atoms with Crippen LogP contribution in [-0.2, 0) is 5.41 Å². The Morgan fingerprint density at radius 3 is 2.40 bits per heavy atom. The highest BCUT2D eigenvalue weighted by atomic mass is 16.3. The Balaban J connectivity index is 1.76. The zero-order valence-electron chi connectivity index (χ0n) is 15.1. The van der Waals surface area contributed by atoms with Gasteiger partial charge in [0.25, 0.3) is 0 Å². The third-order valence-corrected chi connectivity index (χ3v) is 6.04. The largest absolute Gasteiger partial charge is 0.507 e. The molecule has 4 rings (SSSR count). The number of fused-ring (bicyclic) bond motifs is 1.